The second kappa shape index (κ2) is 5.87. The van der Waals surface area contributed by atoms with Gasteiger partial charge in [-0.05, 0) is 31.7 Å². The molecule has 0 atom stereocenters. The Morgan fingerprint density at radius 1 is 1.21 bits per heavy atom. The van der Waals surface area contributed by atoms with E-state index < -0.39 is 12.0 Å². The van der Waals surface area contributed by atoms with Crippen molar-refractivity contribution in [2.75, 3.05) is 7.11 Å². The zero-order valence-electron chi connectivity index (χ0n) is 10.7. The molecule has 0 saturated heterocycles. The first-order valence-corrected chi connectivity index (χ1v) is 6.22. The van der Waals surface area contributed by atoms with Gasteiger partial charge in [0.15, 0.2) is 11.6 Å². The molecule has 5 heteroatoms. The number of hydrogen-bond donors (Lipinski definition) is 0. The molecule has 19 heavy (non-hydrogen) atoms. The monoisotopic (exact) mass is 267 g/mol. The van der Waals surface area contributed by atoms with Crippen molar-refractivity contribution in [2.24, 2.45) is 0 Å². The van der Waals surface area contributed by atoms with Crippen LogP contribution in [-0.2, 0) is 0 Å². The van der Waals surface area contributed by atoms with E-state index in [0.717, 1.165) is 6.07 Å². The van der Waals surface area contributed by atoms with E-state index in [9.17, 15) is 8.78 Å². The molecule has 1 aromatic rings. The second-order valence-electron chi connectivity index (χ2n) is 4.59. The average Bonchev–Trinajstić information content (AvgIpc) is 2.43. The molecule has 0 aliphatic heterocycles. The minimum atomic E-state index is -0.778. The van der Waals surface area contributed by atoms with E-state index in [4.69, 9.17) is 14.7 Å². The number of nitrogens with zero attached hydrogens (tertiary/aromatic N) is 1. The summed E-state index contributed by atoms with van der Waals surface area (Å²) in [5, 5.41) is 8.84. The first kappa shape index (κ1) is 13.6. The summed E-state index contributed by atoms with van der Waals surface area (Å²) < 4.78 is 37.3. The van der Waals surface area contributed by atoms with Crippen LogP contribution in [0.25, 0.3) is 0 Å². The molecule has 1 saturated carbocycles. The van der Waals surface area contributed by atoms with Crippen LogP contribution >= 0.6 is 0 Å². The highest BCUT2D eigenvalue weighted by molar-refractivity contribution is 5.48. The normalized spacial score (nSPS) is 22.6. The lowest BCUT2D eigenvalue weighted by Gasteiger charge is -2.25. The summed E-state index contributed by atoms with van der Waals surface area (Å²) in [7, 11) is 1.41. The molecule has 2 rings (SSSR count). The van der Waals surface area contributed by atoms with Gasteiger partial charge in [-0.25, -0.2) is 8.78 Å². The number of rotatable bonds is 3. The van der Waals surface area contributed by atoms with Gasteiger partial charge in [-0.2, -0.15) is 5.26 Å². The Labute approximate surface area is 110 Å². The van der Waals surface area contributed by atoms with Gasteiger partial charge in [-0.3, -0.25) is 0 Å². The standard InChI is InChI=1S/C14H15F2NO2/c1-18-13-7-14(12(16)6-9(13)8-17)19-11-4-2-10(15)3-5-11/h6-7,10-11H,2-5H2,1H3/t10-,11+. The Morgan fingerprint density at radius 3 is 2.47 bits per heavy atom. The highest BCUT2D eigenvalue weighted by atomic mass is 19.1. The molecule has 0 bridgehead atoms. The van der Waals surface area contributed by atoms with Crippen LogP contribution < -0.4 is 9.47 Å². The van der Waals surface area contributed by atoms with Crippen molar-refractivity contribution >= 4 is 0 Å². The Bertz CT molecular complexity index is 491. The largest absolute Gasteiger partial charge is 0.495 e. The van der Waals surface area contributed by atoms with E-state index in [2.05, 4.69) is 0 Å². The van der Waals surface area contributed by atoms with Crippen molar-refractivity contribution in [1.82, 2.24) is 0 Å². The fourth-order valence-corrected chi connectivity index (χ4v) is 2.20. The number of hydrogen-bond acceptors (Lipinski definition) is 3. The number of benzene rings is 1. The molecule has 1 aliphatic rings. The lowest BCUT2D eigenvalue weighted by Crippen LogP contribution is -2.25. The Balaban J connectivity index is 2.14. The first-order valence-electron chi connectivity index (χ1n) is 6.22. The molecule has 0 radical (unpaired) electrons. The summed E-state index contributed by atoms with van der Waals surface area (Å²) in [6, 6.07) is 4.32. The maximum absolute atomic E-state index is 13.8. The van der Waals surface area contributed by atoms with Crippen molar-refractivity contribution < 1.29 is 18.3 Å². The van der Waals surface area contributed by atoms with Gasteiger partial charge in [-0.1, -0.05) is 0 Å². The minimum Gasteiger partial charge on any atom is -0.495 e. The van der Waals surface area contributed by atoms with Crippen LogP contribution in [0.2, 0.25) is 0 Å². The molecular weight excluding hydrogens is 252 g/mol. The molecular formula is C14H15F2NO2. The third-order valence-electron chi connectivity index (χ3n) is 3.27. The summed E-state index contributed by atoms with van der Waals surface area (Å²) in [5.74, 6) is -0.268. The highest BCUT2D eigenvalue weighted by Crippen LogP contribution is 2.31. The van der Waals surface area contributed by atoms with Crippen molar-refractivity contribution in [3.05, 3.63) is 23.5 Å². The fraction of sp³-hybridized carbons (Fsp3) is 0.500. The van der Waals surface area contributed by atoms with E-state index in [1.165, 1.54) is 13.2 Å². The lowest BCUT2D eigenvalue weighted by atomic mass is 9.96. The van der Waals surface area contributed by atoms with Crippen molar-refractivity contribution in [2.45, 2.75) is 38.0 Å². The molecule has 0 unspecified atom stereocenters. The molecule has 0 aromatic heterocycles. The molecule has 102 valence electrons. The zero-order valence-corrected chi connectivity index (χ0v) is 10.7. The minimum absolute atomic E-state index is 0.0539. The summed E-state index contributed by atoms with van der Waals surface area (Å²) in [5.41, 5.74) is 0.125. The van der Waals surface area contributed by atoms with E-state index in [1.807, 2.05) is 6.07 Å². The topological polar surface area (TPSA) is 42.2 Å². The second-order valence-corrected chi connectivity index (χ2v) is 4.59. The van der Waals surface area contributed by atoms with Gasteiger partial charge >= 0.3 is 0 Å². The van der Waals surface area contributed by atoms with Gasteiger partial charge in [0, 0.05) is 6.07 Å². The molecule has 1 aliphatic carbocycles. The van der Waals surface area contributed by atoms with Gasteiger partial charge < -0.3 is 9.47 Å². The highest BCUT2D eigenvalue weighted by Gasteiger charge is 2.23. The van der Waals surface area contributed by atoms with Crippen LogP contribution in [-0.4, -0.2) is 19.4 Å². The summed E-state index contributed by atoms with van der Waals surface area (Å²) in [6.45, 7) is 0. The predicted octanol–water partition coefficient (Wildman–Crippen LogP) is 3.37. The van der Waals surface area contributed by atoms with E-state index in [1.54, 1.807) is 0 Å². The number of methoxy groups -OCH3 is 1. The summed E-state index contributed by atoms with van der Waals surface area (Å²) >= 11 is 0. The van der Waals surface area contributed by atoms with Gasteiger partial charge in [-0.15, -0.1) is 0 Å². The lowest BCUT2D eigenvalue weighted by molar-refractivity contribution is 0.109. The van der Waals surface area contributed by atoms with Crippen LogP contribution in [0.15, 0.2) is 12.1 Å². The maximum Gasteiger partial charge on any atom is 0.166 e. The average molecular weight is 267 g/mol. The van der Waals surface area contributed by atoms with Gasteiger partial charge in [0.05, 0.1) is 18.8 Å². The number of ether oxygens (including phenoxy) is 2. The zero-order chi connectivity index (χ0) is 13.8. The predicted molar refractivity (Wildman–Crippen MR) is 65.4 cm³/mol. The Morgan fingerprint density at radius 2 is 1.89 bits per heavy atom. The van der Waals surface area contributed by atoms with E-state index >= 15 is 0 Å². The van der Waals surface area contributed by atoms with Crippen LogP contribution in [0.5, 0.6) is 11.5 Å². The Kier molecular flexibility index (Phi) is 4.20. The van der Waals surface area contributed by atoms with E-state index in [-0.39, 0.29) is 23.2 Å². The van der Waals surface area contributed by atoms with Crippen molar-refractivity contribution in [3.8, 4) is 17.6 Å². The van der Waals surface area contributed by atoms with Crippen molar-refractivity contribution in [1.29, 1.82) is 5.26 Å². The molecule has 1 fully saturated rings. The number of halogens is 2. The summed E-state index contributed by atoms with van der Waals surface area (Å²) in [6.07, 6.45) is 1.07. The van der Waals surface area contributed by atoms with Crippen LogP contribution in [0.1, 0.15) is 31.2 Å². The molecule has 0 amide bonds. The van der Waals surface area contributed by atoms with Crippen LogP contribution in [0, 0.1) is 17.1 Å². The third kappa shape index (κ3) is 3.14. The molecule has 0 heterocycles. The fourth-order valence-electron chi connectivity index (χ4n) is 2.20. The number of nitriles is 1. The molecule has 3 nitrogen and oxygen atoms in total. The quantitative estimate of drug-likeness (QED) is 0.843. The molecule has 0 spiro atoms. The molecule has 1 aromatic carbocycles. The third-order valence-corrected chi connectivity index (χ3v) is 3.27. The van der Waals surface area contributed by atoms with Crippen LogP contribution in [0.3, 0.4) is 0 Å². The van der Waals surface area contributed by atoms with Gasteiger partial charge in [0.25, 0.3) is 0 Å². The van der Waals surface area contributed by atoms with Crippen LogP contribution in [0.4, 0.5) is 8.78 Å². The van der Waals surface area contributed by atoms with Gasteiger partial charge in [0.1, 0.15) is 18.0 Å². The van der Waals surface area contributed by atoms with E-state index in [0.29, 0.717) is 25.7 Å². The number of alkyl halides is 1. The van der Waals surface area contributed by atoms with Gasteiger partial charge in [0.2, 0.25) is 0 Å². The Hall–Kier alpha value is -1.83. The molecule has 0 N–H and O–H groups in total. The van der Waals surface area contributed by atoms with Crippen molar-refractivity contribution in [3.63, 3.8) is 0 Å². The first-order chi connectivity index (χ1) is 9.13. The SMILES string of the molecule is COc1cc(O[C@H]2CC[C@@H](F)CC2)c(F)cc1C#N. The maximum atomic E-state index is 13.8. The smallest absolute Gasteiger partial charge is 0.166 e. The summed E-state index contributed by atoms with van der Waals surface area (Å²) in [4.78, 5) is 0.